The second-order valence-electron chi connectivity index (χ2n) is 7.21. The van der Waals surface area contributed by atoms with Crippen LogP contribution >= 0.6 is 0 Å². The number of amides is 1. The fourth-order valence-corrected chi connectivity index (χ4v) is 3.91. The van der Waals surface area contributed by atoms with Crippen molar-refractivity contribution in [1.82, 2.24) is 4.90 Å². The van der Waals surface area contributed by atoms with E-state index in [1.807, 2.05) is 72.5 Å². The van der Waals surface area contributed by atoms with Gasteiger partial charge in [0.2, 0.25) is 0 Å². The number of piperidine rings is 1. The molecule has 0 radical (unpaired) electrons. The van der Waals surface area contributed by atoms with Crippen LogP contribution < -0.4 is 4.90 Å². The lowest BCUT2D eigenvalue weighted by Crippen LogP contribution is -2.53. The number of nitrogens with zero attached hydrogens (tertiary/aromatic N) is 2. The average molecular weight is 367 g/mol. The number of carbonyl (C=O) groups is 1. The van der Waals surface area contributed by atoms with Crippen molar-refractivity contribution in [2.24, 2.45) is 5.92 Å². The Bertz CT molecular complexity index is 705. The lowest BCUT2D eigenvalue weighted by molar-refractivity contribution is 0.0812. The van der Waals surface area contributed by atoms with Crippen LogP contribution in [0.5, 0.6) is 0 Å². The number of benzene rings is 2. The Morgan fingerprint density at radius 3 is 2.41 bits per heavy atom. The minimum absolute atomic E-state index is 0.0846. The van der Waals surface area contributed by atoms with Crippen LogP contribution in [-0.4, -0.2) is 49.7 Å². The first-order chi connectivity index (χ1) is 13.2. The molecule has 27 heavy (non-hydrogen) atoms. The Balaban J connectivity index is 1.79. The minimum Gasteiger partial charge on any atom is -0.380 e. The average Bonchev–Trinajstić information content (AvgIpc) is 2.71. The second-order valence-corrected chi connectivity index (χ2v) is 7.21. The summed E-state index contributed by atoms with van der Waals surface area (Å²) >= 11 is 0. The number of ether oxygens (including phenoxy) is 1. The van der Waals surface area contributed by atoms with Crippen LogP contribution in [0.15, 0.2) is 60.7 Å². The fraction of sp³-hybridized carbons (Fsp3) is 0.435. The first kappa shape index (κ1) is 19.6. The Morgan fingerprint density at radius 2 is 1.78 bits per heavy atom. The molecule has 1 aliphatic heterocycles. The lowest BCUT2D eigenvalue weighted by atomic mass is 9.91. The molecule has 2 atom stereocenters. The predicted molar refractivity (Wildman–Crippen MR) is 110 cm³/mol. The molecule has 1 amide bonds. The Hall–Kier alpha value is -2.17. The predicted octanol–water partition coefficient (Wildman–Crippen LogP) is 4.08. The SMILES string of the molecule is CCOCCN1CC[C@H](N(C(=O)c2ccccc2)c2ccccc2)[C@@H](C)C1. The summed E-state index contributed by atoms with van der Waals surface area (Å²) in [5.74, 6) is 0.481. The van der Waals surface area contributed by atoms with Gasteiger partial charge in [0, 0.05) is 43.5 Å². The van der Waals surface area contributed by atoms with E-state index in [1.54, 1.807) is 0 Å². The molecule has 1 heterocycles. The molecular weight excluding hydrogens is 336 g/mol. The molecule has 3 rings (SSSR count). The third kappa shape index (κ3) is 4.96. The highest BCUT2D eigenvalue weighted by Crippen LogP contribution is 2.29. The molecule has 1 fully saturated rings. The van der Waals surface area contributed by atoms with E-state index in [-0.39, 0.29) is 11.9 Å². The topological polar surface area (TPSA) is 32.8 Å². The van der Waals surface area contributed by atoms with Gasteiger partial charge in [-0.25, -0.2) is 0 Å². The van der Waals surface area contributed by atoms with Gasteiger partial charge in [0.25, 0.3) is 5.91 Å². The van der Waals surface area contributed by atoms with E-state index >= 15 is 0 Å². The summed E-state index contributed by atoms with van der Waals surface area (Å²) in [6, 6.07) is 19.9. The zero-order valence-electron chi connectivity index (χ0n) is 16.4. The van der Waals surface area contributed by atoms with Crippen LogP contribution in [0.2, 0.25) is 0 Å². The molecule has 2 aromatic rings. The van der Waals surface area contributed by atoms with E-state index in [0.29, 0.717) is 5.92 Å². The van der Waals surface area contributed by atoms with Crippen LogP contribution in [0.25, 0.3) is 0 Å². The van der Waals surface area contributed by atoms with E-state index in [9.17, 15) is 4.79 Å². The van der Waals surface area contributed by atoms with Crippen molar-refractivity contribution in [3.63, 3.8) is 0 Å². The summed E-state index contributed by atoms with van der Waals surface area (Å²) in [6.45, 7) is 8.77. The summed E-state index contributed by atoms with van der Waals surface area (Å²) in [5.41, 5.74) is 1.72. The molecular formula is C23H30N2O2. The van der Waals surface area contributed by atoms with Gasteiger partial charge >= 0.3 is 0 Å². The second kappa shape index (κ2) is 9.67. The number of anilines is 1. The van der Waals surface area contributed by atoms with Crippen molar-refractivity contribution >= 4 is 11.6 Å². The van der Waals surface area contributed by atoms with Gasteiger partial charge in [0.15, 0.2) is 0 Å². The van der Waals surface area contributed by atoms with Gasteiger partial charge in [-0.3, -0.25) is 4.79 Å². The highest BCUT2D eigenvalue weighted by Gasteiger charge is 2.34. The molecule has 144 valence electrons. The number of para-hydroxylation sites is 1. The maximum Gasteiger partial charge on any atom is 0.258 e. The van der Waals surface area contributed by atoms with Gasteiger partial charge in [0.05, 0.1) is 6.61 Å². The molecule has 0 aliphatic carbocycles. The van der Waals surface area contributed by atoms with Crippen LogP contribution in [0.4, 0.5) is 5.69 Å². The van der Waals surface area contributed by atoms with Gasteiger partial charge in [-0.15, -0.1) is 0 Å². The minimum atomic E-state index is 0.0846. The molecule has 1 saturated heterocycles. The first-order valence-corrected chi connectivity index (χ1v) is 9.94. The highest BCUT2D eigenvalue weighted by atomic mass is 16.5. The third-order valence-electron chi connectivity index (χ3n) is 5.31. The van der Waals surface area contributed by atoms with Crippen molar-refractivity contribution in [1.29, 1.82) is 0 Å². The van der Waals surface area contributed by atoms with E-state index in [0.717, 1.165) is 50.5 Å². The van der Waals surface area contributed by atoms with Gasteiger partial charge in [-0.2, -0.15) is 0 Å². The molecule has 1 aliphatic rings. The zero-order chi connectivity index (χ0) is 19.1. The standard InChI is InChI=1S/C23H30N2O2/c1-3-27-17-16-24-15-14-22(19(2)18-24)25(21-12-8-5-9-13-21)23(26)20-10-6-4-7-11-20/h4-13,19,22H,3,14-18H2,1-2H3/t19-,22-/m0/s1. The van der Waals surface area contributed by atoms with Crippen molar-refractivity contribution in [2.45, 2.75) is 26.3 Å². The Kier molecular flexibility index (Phi) is 7.02. The normalized spacial score (nSPS) is 20.4. The molecule has 0 spiro atoms. The maximum absolute atomic E-state index is 13.4. The zero-order valence-corrected chi connectivity index (χ0v) is 16.4. The first-order valence-electron chi connectivity index (χ1n) is 9.94. The monoisotopic (exact) mass is 366 g/mol. The van der Waals surface area contributed by atoms with Crippen LogP contribution in [0.1, 0.15) is 30.6 Å². The van der Waals surface area contributed by atoms with Crippen molar-refractivity contribution in [2.75, 3.05) is 37.7 Å². The number of rotatable bonds is 7. The maximum atomic E-state index is 13.4. The van der Waals surface area contributed by atoms with E-state index in [4.69, 9.17) is 4.74 Å². The van der Waals surface area contributed by atoms with Crippen molar-refractivity contribution in [3.8, 4) is 0 Å². The van der Waals surface area contributed by atoms with E-state index in [2.05, 4.69) is 11.8 Å². The molecule has 4 nitrogen and oxygen atoms in total. The number of hydrogen-bond donors (Lipinski definition) is 0. The summed E-state index contributed by atoms with van der Waals surface area (Å²) in [7, 11) is 0. The molecule has 0 unspecified atom stereocenters. The highest BCUT2D eigenvalue weighted by molar-refractivity contribution is 6.06. The number of hydrogen-bond acceptors (Lipinski definition) is 3. The molecule has 0 N–H and O–H groups in total. The number of carbonyl (C=O) groups excluding carboxylic acids is 1. The third-order valence-corrected chi connectivity index (χ3v) is 5.31. The van der Waals surface area contributed by atoms with Crippen LogP contribution in [0, 0.1) is 5.92 Å². The van der Waals surface area contributed by atoms with Crippen molar-refractivity contribution in [3.05, 3.63) is 66.2 Å². The lowest BCUT2D eigenvalue weighted by Gasteiger charge is -2.42. The summed E-state index contributed by atoms with van der Waals surface area (Å²) < 4.78 is 5.50. The van der Waals surface area contributed by atoms with E-state index < -0.39 is 0 Å². The Morgan fingerprint density at radius 1 is 1.11 bits per heavy atom. The van der Waals surface area contributed by atoms with Crippen molar-refractivity contribution < 1.29 is 9.53 Å². The molecule has 2 aromatic carbocycles. The summed E-state index contributed by atoms with van der Waals surface area (Å²) in [5, 5.41) is 0. The summed E-state index contributed by atoms with van der Waals surface area (Å²) in [4.78, 5) is 17.8. The summed E-state index contributed by atoms with van der Waals surface area (Å²) in [6.07, 6.45) is 0.973. The largest absolute Gasteiger partial charge is 0.380 e. The van der Waals surface area contributed by atoms with Gasteiger partial charge in [0.1, 0.15) is 0 Å². The Labute approximate surface area is 162 Å². The van der Waals surface area contributed by atoms with Gasteiger partial charge < -0.3 is 14.5 Å². The van der Waals surface area contributed by atoms with Crippen LogP contribution in [-0.2, 0) is 4.74 Å². The van der Waals surface area contributed by atoms with E-state index in [1.165, 1.54) is 0 Å². The van der Waals surface area contributed by atoms with Crippen LogP contribution in [0.3, 0.4) is 0 Å². The fourth-order valence-electron chi connectivity index (χ4n) is 3.91. The number of likely N-dealkylation sites (tertiary alicyclic amines) is 1. The quantitative estimate of drug-likeness (QED) is 0.692. The molecule has 4 heteroatoms. The van der Waals surface area contributed by atoms with Gasteiger partial charge in [-0.05, 0) is 43.5 Å². The molecule has 0 aromatic heterocycles. The van der Waals surface area contributed by atoms with Gasteiger partial charge in [-0.1, -0.05) is 43.3 Å². The molecule has 0 bridgehead atoms. The molecule has 0 saturated carbocycles. The smallest absolute Gasteiger partial charge is 0.258 e.